The fraction of sp³-hybridized carbons (Fsp3) is 0.385. The van der Waals surface area contributed by atoms with Crippen molar-refractivity contribution in [2.24, 2.45) is 0 Å². The topological polar surface area (TPSA) is 83.5 Å². The van der Waals surface area contributed by atoms with E-state index in [-0.39, 0.29) is 23.9 Å². The Morgan fingerprint density at radius 3 is 2.58 bits per heavy atom. The standard InChI is InChI=1S/C13H17NO4S/c1-9(8-19(2)18)14-12(15)7-10-5-3-4-6-11(10)13(16)17/h3-6,9H,7-8H2,1-2H3,(H,14,15)(H,16,17). The number of hydrogen-bond donors (Lipinski definition) is 2. The first kappa shape index (κ1) is 15.4. The maximum Gasteiger partial charge on any atom is 0.335 e. The summed E-state index contributed by atoms with van der Waals surface area (Å²) in [4.78, 5) is 22.8. The number of hydrogen-bond acceptors (Lipinski definition) is 3. The summed E-state index contributed by atoms with van der Waals surface area (Å²) in [6, 6.07) is 6.20. The predicted molar refractivity (Wildman–Crippen MR) is 73.6 cm³/mol. The molecule has 1 aromatic rings. The van der Waals surface area contributed by atoms with Crippen LogP contribution in [-0.2, 0) is 22.0 Å². The van der Waals surface area contributed by atoms with E-state index in [0.29, 0.717) is 11.3 Å². The molecule has 2 unspecified atom stereocenters. The highest BCUT2D eigenvalue weighted by Gasteiger charge is 2.14. The fourth-order valence-electron chi connectivity index (χ4n) is 1.78. The first-order chi connectivity index (χ1) is 8.90. The van der Waals surface area contributed by atoms with Crippen molar-refractivity contribution in [3.05, 3.63) is 35.4 Å². The van der Waals surface area contributed by atoms with Crippen LogP contribution in [-0.4, -0.2) is 39.2 Å². The van der Waals surface area contributed by atoms with Gasteiger partial charge in [0, 0.05) is 28.9 Å². The van der Waals surface area contributed by atoms with Crippen molar-refractivity contribution in [2.75, 3.05) is 12.0 Å². The zero-order chi connectivity index (χ0) is 14.4. The lowest BCUT2D eigenvalue weighted by Crippen LogP contribution is -2.37. The molecule has 0 aliphatic carbocycles. The number of carboxylic acid groups (broad SMARTS) is 1. The van der Waals surface area contributed by atoms with E-state index in [1.54, 1.807) is 31.4 Å². The zero-order valence-electron chi connectivity index (χ0n) is 10.9. The minimum atomic E-state index is -1.05. The van der Waals surface area contributed by atoms with Crippen LogP contribution < -0.4 is 5.32 Å². The molecule has 0 fully saturated rings. The summed E-state index contributed by atoms with van der Waals surface area (Å²) in [5.74, 6) is -0.940. The summed E-state index contributed by atoms with van der Waals surface area (Å²) in [5, 5.41) is 11.7. The van der Waals surface area contributed by atoms with Crippen LogP contribution in [0.2, 0.25) is 0 Å². The Labute approximate surface area is 114 Å². The summed E-state index contributed by atoms with van der Waals surface area (Å²) in [7, 11) is -0.979. The highest BCUT2D eigenvalue weighted by atomic mass is 32.2. The van der Waals surface area contributed by atoms with Crippen LogP contribution in [0.5, 0.6) is 0 Å². The van der Waals surface area contributed by atoms with E-state index >= 15 is 0 Å². The largest absolute Gasteiger partial charge is 0.478 e. The van der Waals surface area contributed by atoms with E-state index in [4.69, 9.17) is 5.11 Å². The van der Waals surface area contributed by atoms with Crippen LogP contribution in [0.3, 0.4) is 0 Å². The van der Waals surface area contributed by atoms with Crippen molar-refractivity contribution in [3.63, 3.8) is 0 Å². The molecule has 0 aliphatic rings. The minimum absolute atomic E-state index is 0.00314. The second-order valence-electron chi connectivity index (χ2n) is 4.35. The molecule has 1 aromatic carbocycles. The van der Waals surface area contributed by atoms with Crippen LogP contribution >= 0.6 is 0 Å². The molecule has 2 atom stereocenters. The predicted octanol–water partition coefficient (Wildman–Crippen LogP) is 0.810. The maximum atomic E-state index is 11.8. The number of nitrogens with one attached hydrogen (secondary N) is 1. The van der Waals surface area contributed by atoms with Crippen molar-refractivity contribution >= 4 is 22.7 Å². The zero-order valence-corrected chi connectivity index (χ0v) is 11.7. The Morgan fingerprint density at radius 2 is 2.00 bits per heavy atom. The van der Waals surface area contributed by atoms with Gasteiger partial charge in [0.2, 0.25) is 5.91 Å². The molecular formula is C13H17NO4S. The Kier molecular flexibility index (Phi) is 5.69. The lowest BCUT2D eigenvalue weighted by atomic mass is 10.0. The Hall–Kier alpha value is -1.69. The van der Waals surface area contributed by atoms with E-state index in [1.165, 1.54) is 6.07 Å². The molecule has 6 heteroatoms. The van der Waals surface area contributed by atoms with E-state index < -0.39 is 16.8 Å². The summed E-state index contributed by atoms with van der Waals surface area (Å²) in [6.45, 7) is 1.77. The third-order valence-corrected chi connectivity index (χ3v) is 3.46. The molecule has 0 saturated heterocycles. The van der Waals surface area contributed by atoms with Gasteiger partial charge in [-0.3, -0.25) is 9.00 Å². The van der Waals surface area contributed by atoms with Crippen molar-refractivity contribution in [1.29, 1.82) is 0 Å². The molecule has 0 saturated carbocycles. The van der Waals surface area contributed by atoms with Gasteiger partial charge in [-0.25, -0.2) is 4.79 Å². The van der Waals surface area contributed by atoms with Gasteiger partial charge in [-0.15, -0.1) is 0 Å². The Bertz CT molecular complexity index is 501. The lowest BCUT2D eigenvalue weighted by molar-refractivity contribution is -0.120. The minimum Gasteiger partial charge on any atom is -0.478 e. The number of carbonyl (C=O) groups excluding carboxylic acids is 1. The first-order valence-electron chi connectivity index (χ1n) is 5.80. The van der Waals surface area contributed by atoms with Crippen LogP contribution in [0.15, 0.2) is 24.3 Å². The number of aromatic carboxylic acids is 1. The van der Waals surface area contributed by atoms with Gasteiger partial charge < -0.3 is 10.4 Å². The molecule has 0 aromatic heterocycles. The monoisotopic (exact) mass is 283 g/mol. The second-order valence-corrected chi connectivity index (χ2v) is 5.83. The Balaban J connectivity index is 2.67. The number of benzene rings is 1. The molecule has 0 bridgehead atoms. The van der Waals surface area contributed by atoms with Crippen molar-refractivity contribution < 1.29 is 18.9 Å². The molecule has 0 spiro atoms. The van der Waals surface area contributed by atoms with Gasteiger partial charge in [0.25, 0.3) is 0 Å². The van der Waals surface area contributed by atoms with Gasteiger partial charge in [0.1, 0.15) is 0 Å². The van der Waals surface area contributed by atoms with Gasteiger partial charge >= 0.3 is 5.97 Å². The third-order valence-electron chi connectivity index (χ3n) is 2.49. The van der Waals surface area contributed by atoms with Crippen molar-refractivity contribution in [1.82, 2.24) is 5.32 Å². The third kappa shape index (κ3) is 5.21. The van der Waals surface area contributed by atoms with Crippen LogP contribution in [0.1, 0.15) is 22.8 Å². The fourth-order valence-corrected chi connectivity index (χ4v) is 2.56. The van der Waals surface area contributed by atoms with Crippen molar-refractivity contribution in [3.8, 4) is 0 Å². The molecule has 19 heavy (non-hydrogen) atoms. The van der Waals surface area contributed by atoms with Gasteiger partial charge in [0.05, 0.1) is 12.0 Å². The number of carbonyl (C=O) groups is 2. The average molecular weight is 283 g/mol. The maximum absolute atomic E-state index is 11.8. The van der Waals surface area contributed by atoms with Gasteiger partial charge in [0.15, 0.2) is 0 Å². The van der Waals surface area contributed by atoms with E-state index in [1.807, 2.05) is 0 Å². The molecule has 0 aliphatic heterocycles. The highest BCUT2D eigenvalue weighted by molar-refractivity contribution is 7.84. The summed E-state index contributed by atoms with van der Waals surface area (Å²) < 4.78 is 11.0. The van der Waals surface area contributed by atoms with Gasteiger partial charge in [-0.1, -0.05) is 18.2 Å². The molecule has 1 rings (SSSR count). The smallest absolute Gasteiger partial charge is 0.335 e. The van der Waals surface area contributed by atoms with Gasteiger partial charge in [-0.2, -0.15) is 0 Å². The number of carboxylic acids is 1. The van der Waals surface area contributed by atoms with E-state index in [9.17, 15) is 13.8 Å². The van der Waals surface area contributed by atoms with Crippen LogP contribution in [0.25, 0.3) is 0 Å². The molecular weight excluding hydrogens is 266 g/mol. The lowest BCUT2D eigenvalue weighted by Gasteiger charge is -2.13. The van der Waals surface area contributed by atoms with E-state index in [2.05, 4.69) is 5.32 Å². The molecule has 1 amide bonds. The molecule has 2 N–H and O–H groups in total. The second kappa shape index (κ2) is 7.04. The first-order valence-corrected chi connectivity index (χ1v) is 7.53. The Morgan fingerprint density at radius 1 is 1.37 bits per heavy atom. The van der Waals surface area contributed by atoms with E-state index in [0.717, 1.165) is 0 Å². The molecule has 5 nitrogen and oxygen atoms in total. The number of amides is 1. The van der Waals surface area contributed by atoms with Gasteiger partial charge in [-0.05, 0) is 18.6 Å². The quantitative estimate of drug-likeness (QED) is 0.809. The molecule has 0 heterocycles. The van der Waals surface area contributed by atoms with Crippen LogP contribution in [0.4, 0.5) is 0 Å². The normalized spacial score (nSPS) is 13.6. The summed E-state index contributed by atoms with van der Waals surface area (Å²) >= 11 is 0. The summed E-state index contributed by atoms with van der Waals surface area (Å²) in [6.07, 6.45) is 1.57. The van der Waals surface area contributed by atoms with Crippen molar-refractivity contribution in [2.45, 2.75) is 19.4 Å². The highest BCUT2D eigenvalue weighted by Crippen LogP contribution is 2.09. The number of rotatable bonds is 6. The average Bonchev–Trinajstić information content (AvgIpc) is 2.27. The SMILES string of the molecule is CC(CS(C)=O)NC(=O)Cc1ccccc1C(=O)O. The summed E-state index contributed by atoms with van der Waals surface area (Å²) in [5.41, 5.74) is 0.599. The molecule has 104 valence electrons. The molecule has 0 radical (unpaired) electrons. The van der Waals surface area contributed by atoms with Crippen LogP contribution in [0, 0.1) is 0 Å².